The summed E-state index contributed by atoms with van der Waals surface area (Å²) in [5.41, 5.74) is 4.43. The van der Waals surface area contributed by atoms with E-state index in [9.17, 15) is 0 Å². The highest BCUT2D eigenvalue weighted by Gasteiger charge is 2.12. The first-order valence-electron chi connectivity index (χ1n) is 6.86. The van der Waals surface area contributed by atoms with E-state index in [1.165, 1.54) is 0 Å². The van der Waals surface area contributed by atoms with Crippen molar-refractivity contribution in [1.82, 2.24) is 14.6 Å². The normalized spacial score (nSPS) is 11.0. The molecule has 0 N–H and O–H groups in total. The van der Waals surface area contributed by atoms with Crippen LogP contribution in [0.2, 0.25) is 5.15 Å². The van der Waals surface area contributed by atoms with Crippen LogP contribution in [-0.2, 0) is 0 Å². The van der Waals surface area contributed by atoms with E-state index in [-0.39, 0.29) is 0 Å². The molecule has 0 radical (unpaired) electrons. The van der Waals surface area contributed by atoms with Gasteiger partial charge in [0.15, 0.2) is 5.65 Å². The van der Waals surface area contributed by atoms with Crippen LogP contribution < -0.4 is 4.74 Å². The molecule has 21 heavy (non-hydrogen) atoms. The smallest absolute Gasteiger partial charge is 0.157 e. The number of rotatable bonds is 3. The van der Waals surface area contributed by atoms with Crippen LogP contribution in [0.25, 0.3) is 16.9 Å². The zero-order chi connectivity index (χ0) is 15.0. The zero-order valence-electron chi connectivity index (χ0n) is 12.2. The van der Waals surface area contributed by atoms with Gasteiger partial charge >= 0.3 is 0 Å². The third-order valence-electron chi connectivity index (χ3n) is 3.45. The van der Waals surface area contributed by atoms with Gasteiger partial charge in [0, 0.05) is 22.9 Å². The third kappa shape index (κ3) is 2.47. The zero-order valence-corrected chi connectivity index (χ0v) is 13.0. The van der Waals surface area contributed by atoms with Crippen molar-refractivity contribution in [2.24, 2.45) is 0 Å². The van der Waals surface area contributed by atoms with Crippen LogP contribution >= 0.6 is 11.6 Å². The molecular weight excluding hydrogens is 286 g/mol. The standard InChI is InChI=1S/C16H16ClN3O/c1-4-21-13-7-5-6-12(8-13)14-9-15-18-11(3)10(2)16(17)20(15)19-14/h5-9H,4H2,1-3H3. The Hall–Kier alpha value is -2.07. The molecule has 4 nitrogen and oxygen atoms in total. The first-order chi connectivity index (χ1) is 10.1. The fourth-order valence-electron chi connectivity index (χ4n) is 2.21. The minimum absolute atomic E-state index is 0.602. The topological polar surface area (TPSA) is 39.4 Å². The molecule has 0 atom stereocenters. The van der Waals surface area contributed by atoms with Crippen LogP contribution in [0, 0.1) is 13.8 Å². The number of hydrogen-bond acceptors (Lipinski definition) is 3. The van der Waals surface area contributed by atoms with E-state index >= 15 is 0 Å². The average Bonchev–Trinajstić information content (AvgIpc) is 2.90. The lowest BCUT2D eigenvalue weighted by atomic mass is 10.1. The lowest BCUT2D eigenvalue weighted by Crippen LogP contribution is -1.98. The van der Waals surface area contributed by atoms with Gasteiger partial charge in [0.25, 0.3) is 0 Å². The molecule has 0 bridgehead atoms. The van der Waals surface area contributed by atoms with Crippen molar-refractivity contribution in [1.29, 1.82) is 0 Å². The first kappa shape index (κ1) is 13.9. The van der Waals surface area contributed by atoms with Crippen LogP contribution in [0.5, 0.6) is 5.75 Å². The Morgan fingerprint density at radius 3 is 2.81 bits per heavy atom. The van der Waals surface area contributed by atoms with Crippen LogP contribution in [0.15, 0.2) is 30.3 Å². The summed E-state index contributed by atoms with van der Waals surface area (Å²) < 4.78 is 7.20. The maximum absolute atomic E-state index is 6.35. The molecule has 0 saturated heterocycles. The maximum Gasteiger partial charge on any atom is 0.157 e. The highest BCUT2D eigenvalue weighted by molar-refractivity contribution is 6.30. The summed E-state index contributed by atoms with van der Waals surface area (Å²) in [6.45, 7) is 6.50. The van der Waals surface area contributed by atoms with Gasteiger partial charge in [0.2, 0.25) is 0 Å². The molecule has 0 unspecified atom stereocenters. The molecule has 0 aliphatic carbocycles. The van der Waals surface area contributed by atoms with Gasteiger partial charge in [-0.05, 0) is 32.9 Å². The molecule has 3 aromatic rings. The Kier molecular flexibility index (Phi) is 3.55. The average molecular weight is 302 g/mol. The number of nitrogens with zero attached hydrogens (tertiary/aromatic N) is 3. The van der Waals surface area contributed by atoms with Crippen molar-refractivity contribution < 1.29 is 4.74 Å². The summed E-state index contributed by atoms with van der Waals surface area (Å²) in [5, 5.41) is 5.15. The maximum atomic E-state index is 6.35. The highest BCUT2D eigenvalue weighted by Crippen LogP contribution is 2.26. The van der Waals surface area contributed by atoms with E-state index in [4.69, 9.17) is 16.3 Å². The van der Waals surface area contributed by atoms with E-state index < -0.39 is 0 Å². The number of aromatic nitrogens is 3. The molecule has 3 rings (SSSR count). The van der Waals surface area contributed by atoms with Gasteiger partial charge < -0.3 is 4.74 Å². The Balaban J connectivity index is 2.13. The van der Waals surface area contributed by atoms with E-state index in [1.807, 2.05) is 51.1 Å². The van der Waals surface area contributed by atoms with Crippen LogP contribution in [0.3, 0.4) is 0 Å². The van der Waals surface area contributed by atoms with Gasteiger partial charge in [-0.2, -0.15) is 5.10 Å². The van der Waals surface area contributed by atoms with Crippen LogP contribution in [-0.4, -0.2) is 21.2 Å². The van der Waals surface area contributed by atoms with Gasteiger partial charge in [-0.15, -0.1) is 0 Å². The van der Waals surface area contributed by atoms with Crippen molar-refractivity contribution in [3.63, 3.8) is 0 Å². The number of benzene rings is 1. The summed E-state index contributed by atoms with van der Waals surface area (Å²) in [6, 6.07) is 9.79. The molecule has 0 saturated carbocycles. The molecule has 2 aromatic heterocycles. The summed E-state index contributed by atoms with van der Waals surface area (Å²) in [7, 11) is 0. The molecular formula is C16H16ClN3O. The molecule has 0 aliphatic rings. The number of fused-ring (bicyclic) bond motifs is 1. The predicted molar refractivity (Wildman–Crippen MR) is 84.1 cm³/mol. The number of halogens is 1. The summed E-state index contributed by atoms with van der Waals surface area (Å²) >= 11 is 6.35. The summed E-state index contributed by atoms with van der Waals surface area (Å²) in [4.78, 5) is 4.53. The van der Waals surface area contributed by atoms with Gasteiger partial charge in [-0.25, -0.2) is 9.50 Å². The Bertz CT molecular complexity index is 811. The molecule has 0 fully saturated rings. The third-order valence-corrected chi connectivity index (χ3v) is 3.90. The lowest BCUT2D eigenvalue weighted by molar-refractivity contribution is 0.340. The quantitative estimate of drug-likeness (QED) is 0.685. The second kappa shape index (κ2) is 5.37. The van der Waals surface area contributed by atoms with Gasteiger partial charge in [0.1, 0.15) is 10.9 Å². The summed E-state index contributed by atoms with van der Waals surface area (Å²) in [6.07, 6.45) is 0. The van der Waals surface area contributed by atoms with Crippen molar-refractivity contribution >= 4 is 17.2 Å². The van der Waals surface area contributed by atoms with Crippen molar-refractivity contribution in [2.45, 2.75) is 20.8 Å². The van der Waals surface area contributed by atoms with Gasteiger partial charge in [0.05, 0.1) is 12.3 Å². The minimum atomic E-state index is 0.602. The largest absolute Gasteiger partial charge is 0.494 e. The van der Waals surface area contributed by atoms with Crippen molar-refractivity contribution in [3.05, 3.63) is 46.7 Å². The highest BCUT2D eigenvalue weighted by atomic mass is 35.5. The fraction of sp³-hybridized carbons (Fsp3) is 0.250. The van der Waals surface area contributed by atoms with E-state index in [2.05, 4.69) is 10.1 Å². The second-order valence-corrected chi connectivity index (χ2v) is 5.23. The molecule has 1 aromatic carbocycles. The van der Waals surface area contributed by atoms with Crippen molar-refractivity contribution in [3.8, 4) is 17.0 Å². The summed E-state index contributed by atoms with van der Waals surface area (Å²) in [5.74, 6) is 0.832. The number of ether oxygens (including phenoxy) is 1. The Labute approximate surface area is 128 Å². The molecule has 0 aliphatic heterocycles. The Morgan fingerprint density at radius 2 is 2.05 bits per heavy atom. The van der Waals surface area contributed by atoms with Crippen molar-refractivity contribution in [2.75, 3.05) is 6.61 Å². The van der Waals surface area contributed by atoms with Gasteiger partial charge in [-0.1, -0.05) is 23.7 Å². The molecule has 108 valence electrons. The van der Waals surface area contributed by atoms with Gasteiger partial charge in [-0.3, -0.25) is 0 Å². The predicted octanol–water partition coefficient (Wildman–Crippen LogP) is 4.07. The van der Waals surface area contributed by atoms with E-state index in [0.29, 0.717) is 11.8 Å². The molecule has 0 amide bonds. The number of hydrogen-bond donors (Lipinski definition) is 0. The van der Waals surface area contributed by atoms with E-state index in [1.54, 1.807) is 4.52 Å². The molecule has 2 heterocycles. The van der Waals surface area contributed by atoms with Crippen LogP contribution in [0.4, 0.5) is 0 Å². The fourth-order valence-corrected chi connectivity index (χ4v) is 2.47. The van der Waals surface area contributed by atoms with Crippen LogP contribution in [0.1, 0.15) is 18.2 Å². The minimum Gasteiger partial charge on any atom is -0.494 e. The number of aryl methyl sites for hydroxylation is 1. The lowest BCUT2D eigenvalue weighted by Gasteiger charge is -2.04. The Morgan fingerprint density at radius 1 is 1.24 bits per heavy atom. The monoisotopic (exact) mass is 301 g/mol. The molecule has 0 spiro atoms. The SMILES string of the molecule is CCOc1cccc(-c2cc3nc(C)c(C)c(Cl)n3n2)c1. The molecule has 5 heteroatoms. The second-order valence-electron chi connectivity index (χ2n) is 4.87. The van der Waals surface area contributed by atoms with E-state index in [0.717, 1.165) is 33.9 Å². The first-order valence-corrected chi connectivity index (χ1v) is 7.23.